The van der Waals surface area contributed by atoms with E-state index in [1.807, 2.05) is 44.2 Å². The van der Waals surface area contributed by atoms with Crippen LogP contribution in [0.25, 0.3) is 0 Å². The van der Waals surface area contributed by atoms with Crippen LogP contribution in [0.1, 0.15) is 80.2 Å². The maximum absolute atomic E-state index is 13.0. The quantitative estimate of drug-likeness (QED) is 0.0913. The molecule has 0 aliphatic heterocycles. The largest absolute Gasteiger partial charge is 0.462 e. The zero-order chi connectivity index (χ0) is 38.1. The molecule has 4 rings (SSSR count). The van der Waals surface area contributed by atoms with E-state index < -0.39 is 99.2 Å². The molecule has 282 valence electrons. The molecular weight excluding hydrogens is 686 g/mol. The van der Waals surface area contributed by atoms with Crippen LogP contribution in [-0.2, 0) is 63.9 Å². The van der Waals surface area contributed by atoms with Gasteiger partial charge in [-0.05, 0) is 47.8 Å². The van der Waals surface area contributed by atoms with E-state index in [0.717, 1.165) is 18.0 Å². The number of rotatable bonds is 10. The molecule has 2 bridgehead atoms. The van der Waals surface area contributed by atoms with Crippen molar-refractivity contribution in [2.24, 2.45) is 27.8 Å². The van der Waals surface area contributed by atoms with Gasteiger partial charge in [-0.25, -0.2) is 0 Å². The summed E-state index contributed by atoms with van der Waals surface area (Å²) in [5.41, 5.74) is -2.81. The van der Waals surface area contributed by atoms with E-state index in [1.165, 1.54) is 27.7 Å². The molecule has 1 N–H and O–H groups in total. The lowest BCUT2D eigenvalue weighted by Gasteiger charge is -2.62. The maximum atomic E-state index is 13.0. The van der Waals surface area contributed by atoms with Crippen molar-refractivity contribution < 1.29 is 60.7 Å². The monoisotopic (exact) mass is 735 g/mol. The Labute approximate surface area is 298 Å². The molecule has 3 aliphatic rings. The van der Waals surface area contributed by atoms with Gasteiger partial charge in [0.1, 0.15) is 30.5 Å². The molecule has 9 atom stereocenters. The number of benzene rings is 1. The number of oxime groups is 1. The predicted octanol–water partition coefficient (Wildman–Crippen LogP) is 3.78. The van der Waals surface area contributed by atoms with E-state index in [9.17, 15) is 32.7 Å². The van der Waals surface area contributed by atoms with Crippen LogP contribution in [-0.4, -0.2) is 86.0 Å². The minimum atomic E-state index is -4.25. The van der Waals surface area contributed by atoms with Crippen molar-refractivity contribution in [1.29, 1.82) is 0 Å². The third-order valence-corrected chi connectivity index (χ3v) is 11.2. The van der Waals surface area contributed by atoms with Gasteiger partial charge in [-0.15, -0.1) is 0 Å². The number of fused-ring (bicyclic) bond motifs is 3. The Balaban J connectivity index is 2.05. The predicted molar refractivity (Wildman–Crippen MR) is 182 cm³/mol. The van der Waals surface area contributed by atoms with Crippen molar-refractivity contribution in [3.8, 4) is 0 Å². The smallest absolute Gasteiger partial charge is 0.303 e. The second-order valence-corrected chi connectivity index (χ2v) is 16.2. The topological polar surface area (TPSA) is 190 Å². The summed E-state index contributed by atoms with van der Waals surface area (Å²) >= 11 is 0. The van der Waals surface area contributed by atoms with Gasteiger partial charge in [-0.1, -0.05) is 56.3 Å². The van der Waals surface area contributed by atoms with Gasteiger partial charge in [0.25, 0.3) is 10.1 Å². The number of carbonyl (C=O) groups is 4. The number of hydrogen-bond donors (Lipinski definition) is 1. The summed E-state index contributed by atoms with van der Waals surface area (Å²) in [6.07, 6.45) is -4.51. The van der Waals surface area contributed by atoms with Gasteiger partial charge in [0.05, 0.1) is 17.9 Å². The van der Waals surface area contributed by atoms with Gasteiger partial charge in [0.15, 0.2) is 12.2 Å². The van der Waals surface area contributed by atoms with E-state index in [1.54, 1.807) is 13.8 Å². The van der Waals surface area contributed by atoms with E-state index in [-0.39, 0.29) is 19.4 Å². The molecule has 2 fully saturated rings. The van der Waals surface area contributed by atoms with Gasteiger partial charge in [0.2, 0.25) is 0 Å². The Bertz CT molecular complexity index is 1670. The fraction of sp³-hybridized carbons (Fsp3) is 0.639. The summed E-state index contributed by atoms with van der Waals surface area (Å²) < 4.78 is 54.8. The lowest BCUT2D eigenvalue weighted by atomic mass is 9.47. The zero-order valence-electron chi connectivity index (χ0n) is 30.5. The van der Waals surface area contributed by atoms with Gasteiger partial charge in [-0.3, -0.25) is 23.4 Å². The van der Waals surface area contributed by atoms with Gasteiger partial charge >= 0.3 is 23.9 Å². The number of carbonyl (C=O) groups excluding carboxylic acids is 4. The summed E-state index contributed by atoms with van der Waals surface area (Å²) in [5.74, 6) is -4.39. The van der Waals surface area contributed by atoms with E-state index in [0.29, 0.717) is 11.1 Å². The summed E-state index contributed by atoms with van der Waals surface area (Å²) in [7, 11) is -4.25. The van der Waals surface area contributed by atoms with Gasteiger partial charge in [-0.2, -0.15) is 8.42 Å². The number of hydrogen-bond acceptors (Lipinski definition) is 14. The van der Waals surface area contributed by atoms with Crippen molar-refractivity contribution >= 4 is 40.2 Å². The van der Waals surface area contributed by atoms with Crippen molar-refractivity contribution in [2.75, 3.05) is 6.26 Å². The average molecular weight is 736 g/mol. The van der Waals surface area contributed by atoms with Crippen LogP contribution in [0.4, 0.5) is 0 Å². The normalized spacial score (nSPS) is 33.3. The van der Waals surface area contributed by atoms with Crippen LogP contribution in [0.2, 0.25) is 0 Å². The highest BCUT2D eigenvalue weighted by molar-refractivity contribution is 7.86. The first-order chi connectivity index (χ1) is 23.6. The molecule has 15 heteroatoms. The molecule has 0 aromatic heterocycles. The first-order valence-corrected chi connectivity index (χ1v) is 18.6. The number of aliphatic hydroxyl groups is 1. The van der Waals surface area contributed by atoms with Gasteiger partial charge < -0.3 is 28.9 Å². The van der Waals surface area contributed by atoms with Crippen LogP contribution < -0.4 is 0 Å². The lowest BCUT2D eigenvalue weighted by molar-refractivity contribution is -0.248. The third kappa shape index (κ3) is 8.47. The van der Waals surface area contributed by atoms with Crippen molar-refractivity contribution in [1.82, 2.24) is 0 Å². The Hall–Kier alpha value is -3.82. The summed E-state index contributed by atoms with van der Waals surface area (Å²) in [5, 5.41) is 17.1. The molecule has 0 spiro atoms. The second-order valence-electron chi connectivity index (χ2n) is 14.6. The Morgan fingerprint density at radius 1 is 0.863 bits per heavy atom. The summed E-state index contributed by atoms with van der Waals surface area (Å²) in [6.45, 7) is 12.1. The molecule has 14 nitrogen and oxygen atoms in total. The molecular formula is C36H49NO13S. The standard InChI is InChI=1S/C36H49NO13S/c1-20-27(46-21(2)38)15-26-16-28-35(8,33(49-24(5)41)32(48-23(4)40)31(20)34(26,6)7)29(47-22(3)39)17-30(50-51(9,43)44)36(28,42)19-37-45-18-25-13-11-10-12-14-25/h10-14,19,26-30,32-33,42H,15-18H2,1-9H3/b37-19+/t26-,27-,28-,29-,30-,32+,33-,35-,36+/m0/s1. The molecule has 3 aliphatic carbocycles. The zero-order valence-corrected chi connectivity index (χ0v) is 31.4. The molecule has 1 aromatic carbocycles. The minimum Gasteiger partial charge on any atom is -0.462 e. The van der Waals surface area contributed by atoms with Crippen molar-refractivity contribution in [3.63, 3.8) is 0 Å². The van der Waals surface area contributed by atoms with Crippen LogP contribution >= 0.6 is 0 Å². The number of esters is 4. The molecule has 1 aromatic rings. The van der Waals surface area contributed by atoms with Gasteiger partial charge in [0, 0.05) is 40.0 Å². The fourth-order valence-corrected chi connectivity index (χ4v) is 9.13. The molecule has 2 saturated carbocycles. The first-order valence-electron chi connectivity index (χ1n) is 16.8. The molecule has 0 heterocycles. The Morgan fingerprint density at radius 3 is 2.00 bits per heavy atom. The van der Waals surface area contributed by atoms with E-state index in [4.69, 9.17) is 28.0 Å². The highest BCUT2D eigenvalue weighted by Gasteiger charge is 2.70. The average Bonchev–Trinajstić information content (AvgIpc) is 2.99. The van der Waals surface area contributed by atoms with Crippen LogP contribution in [0, 0.1) is 22.7 Å². The summed E-state index contributed by atoms with van der Waals surface area (Å²) in [6, 6.07) is 9.09. The van der Waals surface area contributed by atoms with Crippen molar-refractivity contribution in [3.05, 3.63) is 47.0 Å². The minimum absolute atomic E-state index is 0.0147. The SMILES string of the molecule is CC(=O)O[C@H]1C[C@H]2C[C@@H]3[C@](O)(/C=N/OCc4ccccc4)[C@@H](OS(C)(=O)=O)C[C@H](OC(C)=O)[C@@]3(C)[C@@H](OC(C)=O)[C@H](OC(C)=O)C(=C1C)C2(C)C. The summed E-state index contributed by atoms with van der Waals surface area (Å²) in [4.78, 5) is 56.5. The van der Waals surface area contributed by atoms with E-state index >= 15 is 0 Å². The van der Waals surface area contributed by atoms with Crippen LogP contribution in [0.5, 0.6) is 0 Å². The Kier molecular flexibility index (Phi) is 11.8. The van der Waals surface area contributed by atoms with E-state index in [2.05, 4.69) is 5.16 Å². The highest BCUT2D eigenvalue weighted by atomic mass is 32.2. The number of ether oxygens (including phenoxy) is 4. The molecule has 0 saturated heterocycles. The number of nitrogens with zero attached hydrogens (tertiary/aromatic N) is 1. The molecule has 51 heavy (non-hydrogen) atoms. The molecule has 0 radical (unpaired) electrons. The Morgan fingerprint density at radius 2 is 1.45 bits per heavy atom. The van der Waals surface area contributed by atoms with Crippen LogP contribution in [0.15, 0.2) is 46.6 Å². The third-order valence-electron chi connectivity index (χ3n) is 10.7. The lowest BCUT2D eigenvalue weighted by Crippen LogP contribution is -2.72. The van der Waals surface area contributed by atoms with Crippen LogP contribution in [0.3, 0.4) is 0 Å². The second kappa shape index (κ2) is 15.0. The van der Waals surface area contributed by atoms with Crippen molar-refractivity contribution in [2.45, 2.75) is 117 Å². The molecule has 0 unspecified atom stereocenters. The maximum Gasteiger partial charge on any atom is 0.303 e. The highest BCUT2D eigenvalue weighted by Crippen LogP contribution is 2.62. The fourth-order valence-electron chi connectivity index (χ4n) is 8.47. The molecule has 0 amide bonds. The first kappa shape index (κ1) is 40.0.